The third-order valence-electron chi connectivity index (χ3n) is 5.69. The van der Waals surface area contributed by atoms with Gasteiger partial charge >= 0.3 is 0 Å². The predicted octanol–water partition coefficient (Wildman–Crippen LogP) is 5.96. The monoisotopic (exact) mass is 368 g/mol. The van der Waals surface area contributed by atoms with Crippen LogP contribution in [0.15, 0.2) is 29.2 Å². The molecule has 3 nitrogen and oxygen atoms in total. The number of halogens is 1. The largest absolute Gasteiger partial charge is 0.330 e. The van der Waals surface area contributed by atoms with Crippen LogP contribution in [-0.2, 0) is 14.5 Å². The molecule has 0 N–H and O–H groups in total. The van der Waals surface area contributed by atoms with Gasteiger partial charge in [0.15, 0.2) is 0 Å². The number of rotatable bonds is 4. The highest BCUT2D eigenvalue weighted by Crippen LogP contribution is 2.56. The Morgan fingerprint density at radius 3 is 2.75 bits per heavy atom. The fraction of sp³-hybridized carbons (Fsp3) is 0.684. The molecule has 5 rings (SSSR count). The summed E-state index contributed by atoms with van der Waals surface area (Å²) in [6.45, 7) is 2.17. The molecule has 24 heavy (non-hydrogen) atoms. The molecule has 3 aliphatic heterocycles. The van der Waals surface area contributed by atoms with Crippen molar-refractivity contribution < 1.29 is 14.5 Å². The van der Waals surface area contributed by atoms with Crippen LogP contribution in [0.5, 0.6) is 0 Å². The first-order valence-electron chi connectivity index (χ1n) is 9.13. The summed E-state index contributed by atoms with van der Waals surface area (Å²) in [5.41, 5.74) is -0.331. The minimum absolute atomic E-state index is 0.0215. The highest BCUT2D eigenvalue weighted by Gasteiger charge is 2.60. The van der Waals surface area contributed by atoms with Gasteiger partial charge in [0.25, 0.3) is 0 Å². The van der Waals surface area contributed by atoms with Crippen LogP contribution in [0.2, 0.25) is 5.02 Å². The molecule has 1 spiro atoms. The van der Waals surface area contributed by atoms with Crippen molar-refractivity contribution in [1.82, 2.24) is 0 Å². The summed E-state index contributed by atoms with van der Waals surface area (Å²) in [7, 11) is 0. The van der Waals surface area contributed by atoms with Gasteiger partial charge in [0.05, 0.1) is 0 Å². The van der Waals surface area contributed by atoms with Gasteiger partial charge < -0.3 is 4.74 Å². The zero-order valence-electron chi connectivity index (χ0n) is 14.1. The van der Waals surface area contributed by atoms with Gasteiger partial charge in [-0.15, -0.1) is 0 Å². The van der Waals surface area contributed by atoms with Crippen molar-refractivity contribution in [3.63, 3.8) is 0 Å². The lowest BCUT2D eigenvalue weighted by atomic mass is 9.74. The molecule has 1 aliphatic carbocycles. The molecule has 4 fully saturated rings. The van der Waals surface area contributed by atoms with E-state index in [1.807, 2.05) is 12.1 Å². The molecular formula is C19H25ClO3S. The molecule has 0 aromatic heterocycles. The fourth-order valence-electron chi connectivity index (χ4n) is 4.42. The number of ether oxygens (including phenoxy) is 1. The van der Waals surface area contributed by atoms with Crippen LogP contribution < -0.4 is 0 Å². The average molecular weight is 369 g/mol. The van der Waals surface area contributed by atoms with Crippen LogP contribution in [-0.4, -0.2) is 16.8 Å². The molecule has 0 radical (unpaired) electrons. The van der Waals surface area contributed by atoms with E-state index < -0.39 is 5.79 Å². The molecule has 1 aromatic carbocycles. The van der Waals surface area contributed by atoms with Crippen molar-refractivity contribution in [2.45, 2.75) is 80.0 Å². The Morgan fingerprint density at radius 2 is 1.96 bits per heavy atom. The highest BCUT2D eigenvalue weighted by molar-refractivity contribution is 7.99. The van der Waals surface area contributed by atoms with Gasteiger partial charge in [-0.3, -0.25) is 0 Å². The van der Waals surface area contributed by atoms with E-state index in [4.69, 9.17) is 26.1 Å². The molecule has 0 amide bonds. The molecule has 132 valence electrons. The van der Waals surface area contributed by atoms with Crippen LogP contribution in [0.4, 0.5) is 0 Å². The SMILES string of the molecule is CCC[C@]12CC[C@H]3CCCC[C@@]3(OO1)[C@H](Sc1ccc(Cl)cc1)O2. The van der Waals surface area contributed by atoms with E-state index in [9.17, 15) is 0 Å². The predicted molar refractivity (Wildman–Crippen MR) is 95.9 cm³/mol. The summed E-state index contributed by atoms with van der Waals surface area (Å²) in [4.78, 5) is 13.3. The maximum Gasteiger partial charge on any atom is 0.202 e. The topological polar surface area (TPSA) is 27.7 Å². The molecule has 2 bridgehead atoms. The zero-order valence-corrected chi connectivity index (χ0v) is 15.7. The van der Waals surface area contributed by atoms with E-state index in [0.29, 0.717) is 5.92 Å². The second-order valence-electron chi connectivity index (χ2n) is 7.29. The van der Waals surface area contributed by atoms with Gasteiger partial charge in [-0.1, -0.05) is 49.5 Å². The van der Waals surface area contributed by atoms with Crippen molar-refractivity contribution >= 4 is 23.4 Å². The lowest BCUT2D eigenvalue weighted by Gasteiger charge is -2.50. The third kappa shape index (κ3) is 3.01. The maximum atomic E-state index is 6.62. The Morgan fingerprint density at radius 1 is 1.12 bits per heavy atom. The van der Waals surface area contributed by atoms with Crippen molar-refractivity contribution in [2.75, 3.05) is 0 Å². The minimum Gasteiger partial charge on any atom is -0.330 e. The summed E-state index contributed by atoms with van der Waals surface area (Å²) >= 11 is 7.80. The second-order valence-corrected chi connectivity index (χ2v) is 8.86. The molecule has 4 aliphatic rings. The minimum atomic E-state index is -0.568. The van der Waals surface area contributed by atoms with E-state index in [1.165, 1.54) is 24.2 Å². The molecular weight excluding hydrogens is 344 g/mol. The quantitative estimate of drug-likeness (QED) is 0.613. The first-order chi connectivity index (χ1) is 11.7. The number of benzene rings is 1. The van der Waals surface area contributed by atoms with E-state index in [0.717, 1.165) is 37.1 Å². The summed E-state index contributed by atoms with van der Waals surface area (Å²) in [5.74, 6) is -0.0428. The van der Waals surface area contributed by atoms with Crippen molar-refractivity contribution in [2.24, 2.45) is 5.92 Å². The Hall–Kier alpha value is -0.260. The zero-order chi connectivity index (χ0) is 16.6. The molecule has 5 heteroatoms. The second kappa shape index (κ2) is 6.81. The molecule has 0 unspecified atom stereocenters. The summed E-state index contributed by atoms with van der Waals surface area (Å²) in [5, 5.41) is 0.762. The van der Waals surface area contributed by atoms with Gasteiger partial charge in [0.2, 0.25) is 5.79 Å². The maximum absolute atomic E-state index is 6.62. The lowest BCUT2D eigenvalue weighted by molar-refractivity contribution is -0.518. The number of thioether (sulfide) groups is 1. The van der Waals surface area contributed by atoms with E-state index >= 15 is 0 Å². The summed E-state index contributed by atoms with van der Waals surface area (Å²) < 4.78 is 6.62. The molecule has 4 atom stereocenters. The van der Waals surface area contributed by atoms with E-state index in [-0.39, 0.29) is 11.0 Å². The first kappa shape index (κ1) is 17.2. The highest BCUT2D eigenvalue weighted by atomic mass is 35.5. The first-order valence-corrected chi connectivity index (χ1v) is 10.4. The summed E-state index contributed by atoms with van der Waals surface area (Å²) in [6, 6.07) is 8.01. The van der Waals surface area contributed by atoms with Gasteiger partial charge in [0, 0.05) is 22.8 Å². The molecule has 3 heterocycles. The lowest BCUT2D eigenvalue weighted by Crippen LogP contribution is -2.58. The third-order valence-corrected chi connectivity index (χ3v) is 7.20. The van der Waals surface area contributed by atoms with Gasteiger partial charge in [-0.25, -0.2) is 9.78 Å². The molecule has 1 saturated carbocycles. The van der Waals surface area contributed by atoms with Crippen LogP contribution in [0.25, 0.3) is 0 Å². The van der Waals surface area contributed by atoms with Crippen LogP contribution in [0.3, 0.4) is 0 Å². The van der Waals surface area contributed by atoms with Crippen molar-refractivity contribution in [1.29, 1.82) is 0 Å². The normalized spacial score (nSPS) is 38.6. The molecule has 1 aromatic rings. The van der Waals surface area contributed by atoms with Crippen LogP contribution >= 0.6 is 23.4 Å². The Kier molecular flexibility index (Phi) is 4.87. The summed E-state index contributed by atoms with van der Waals surface area (Å²) in [6.07, 6.45) is 8.68. The number of hydrogen-bond acceptors (Lipinski definition) is 4. The van der Waals surface area contributed by atoms with Gasteiger partial charge in [0.1, 0.15) is 11.0 Å². The Bertz CT molecular complexity index is 576. The van der Waals surface area contributed by atoms with Crippen molar-refractivity contribution in [3.8, 4) is 0 Å². The number of hydrogen-bond donors (Lipinski definition) is 0. The van der Waals surface area contributed by atoms with Gasteiger partial charge in [-0.2, -0.15) is 0 Å². The van der Waals surface area contributed by atoms with E-state index in [2.05, 4.69) is 19.1 Å². The Labute approximate surface area is 153 Å². The average Bonchev–Trinajstić information content (AvgIpc) is 2.83. The standard InChI is InChI=1S/C19H25ClO3S/c1-2-11-18-13-10-14-5-3-4-12-19(14,23-22-18)17(21-18)24-16-8-6-15(20)7-9-16/h6-9,14,17H,2-5,10-13H2,1H3/t14-,17+,18-,19+/m1/s1. The van der Waals surface area contributed by atoms with Crippen molar-refractivity contribution in [3.05, 3.63) is 29.3 Å². The smallest absolute Gasteiger partial charge is 0.202 e. The Balaban J connectivity index is 1.65. The van der Waals surface area contributed by atoms with E-state index in [1.54, 1.807) is 11.8 Å². The molecule has 3 saturated heterocycles. The van der Waals surface area contributed by atoms with Crippen LogP contribution in [0, 0.1) is 5.92 Å². The fourth-order valence-corrected chi connectivity index (χ4v) is 5.86. The van der Waals surface area contributed by atoms with Crippen LogP contribution in [0.1, 0.15) is 58.3 Å². The van der Waals surface area contributed by atoms with Gasteiger partial charge in [-0.05, 0) is 49.4 Å². The number of fused-ring (bicyclic) bond motifs is 3.